The lowest BCUT2D eigenvalue weighted by Crippen LogP contribution is -2.12. The molecule has 3 heteroatoms. The third-order valence-electron chi connectivity index (χ3n) is 2.51. The summed E-state index contributed by atoms with van der Waals surface area (Å²) >= 11 is 0. The maximum atomic E-state index is 13.7. The summed E-state index contributed by atoms with van der Waals surface area (Å²) in [6, 6.07) is 13.2. The molecule has 2 rings (SSSR count). The zero-order valence-corrected chi connectivity index (χ0v) is 9.69. The van der Waals surface area contributed by atoms with Crippen LogP contribution in [-0.4, -0.2) is 5.91 Å². The van der Waals surface area contributed by atoms with Gasteiger partial charge in [-0.3, -0.25) is 4.79 Å². The molecule has 0 aromatic heterocycles. The number of carbonyl (C=O) groups is 1. The molecule has 0 spiro atoms. The highest BCUT2D eigenvalue weighted by atomic mass is 19.1. The highest BCUT2D eigenvalue weighted by Gasteiger charge is 2.08. The molecule has 0 fully saturated rings. The molecule has 1 amide bonds. The Morgan fingerprint density at radius 3 is 2.50 bits per heavy atom. The van der Waals surface area contributed by atoms with Crippen LogP contribution in [0.15, 0.2) is 55.1 Å². The van der Waals surface area contributed by atoms with Gasteiger partial charge in [0.15, 0.2) is 0 Å². The molecule has 2 nitrogen and oxygen atoms in total. The monoisotopic (exact) mass is 241 g/mol. The van der Waals surface area contributed by atoms with Crippen molar-refractivity contribution in [2.45, 2.75) is 0 Å². The zero-order valence-electron chi connectivity index (χ0n) is 9.69. The molecule has 18 heavy (non-hydrogen) atoms. The summed E-state index contributed by atoms with van der Waals surface area (Å²) in [7, 11) is 0. The van der Waals surface area contributed by atoms with E-state index >= 15 is 0 Å². The number of hydrogen-bond donors (Lipinski definition) is 1. The second-order valence-corrected chi connectivity index (χ2v) is 3.76. The average Bonchev–Trinajstić information content (AvgIpc) is 2.42. The van der Waals surface area contributed by atoms with Gasteiger partial charge in [-0.15, -0.1) is 0 Å². The highest BCUT2D eigenvalue weighted by molar-refractivity contribution is 6.04. The number of amides is 1. The van der Waals surface area contributed by atoms with Crippen molar-refractivity contribution in [2.75, 3.05) is 5.32 Å². The van der Waals surface area contributed by atoms with Gasteiger partial charge in [0.2, 0.25) is 0 Å². The third-order valence-corrected chi connectivity index (χ3v) is 2.51. The molecule has 0 aliphatic rings. The van der Waals surface area contributed by atoms with Crippen LogP contribution in [0, 0.1) is 5.82 Å². The highest BCUT2D eigenvalue weighted by Crippen LogP contribution is 2.17. The fourth-order valence-corrected chi connectivity index (χ4v) is 1.54. The van der Waals surface area contributed by atoms with E-state index in [1.807, 2.05) is 6.07 Å². The van der Waals surface area contributed by atoms with Crippen LogP contribution in [0.1, 0.15) is 15.9 Å². The molecule has 0 heterocycles. The Bertz CT molecular complexity index is 578. The number of carbonyl (C=O) groups excluding carboxylic acids is 1. The molecule has 0 aliphatic carbocycles. The second-order valence-electron chi connectivity index (χ2n) is 3.76. The Morgan fingerprint density at radius 1 is 1.17 bits per heavy atom. The first-order chi connectivity index (χ1) is 8.70. The molecule has 2 aromatic carbocycles. The van der Waals surface area contributed by atoms with E-state index in [0.29, 0.717) is 11.1 Å². The van der Waals surface area contributed by atoms with Crippen molar-refractivity contribution in [3.8, 4) is 0 Å². The SMILES string of the molecule is C=Cc1ccc(NC(=O)c2ccccc2)c(F)c1. The average molecular weight is 241 g/mol. The minimum atomic E-state index is -0.475. The molecule has 0 atom stereocenters. The van der Waals surface area contributed by atoms with Crippen LogP contribution in [0.4, 0.5) is 10.1 Å². The molecule has 2 aromatic rings. The first-order valence-electron chi connectivity index (χ1n) is 5.49. The van der Waals surface area contributed by atoms with E-state index in [4.69, 9.17) is 0 Å². The Hall–Kier alpha value is -2.42. The first-order valence-corrected chi connectivity index (χ1v) is 5.49. The largest absolute Gasteiger partial charge is 0.319 e. The van der Waals surface area contributed by atoms with Gasteiger partial charge in [0, 0.05) is 5.56 Å². The van der Waals surface area contributed by atoms with Gasteiger partial charge >= 0.3 is 0 Å². The first kappa shape index (κ1) is 12.0. The van der Waals surface area contributed by atoms with Gasteiger partial charge in [-0.05, 0) is 29.8 Å². The molecule has 90 valence electrons. The van der Waals surface area contributed by atoms with Crippen molar-refractivity contribution in [1.82, 2.24) is 0 Å². The summed E-state index contributed by atoms with van der Waals surface area (Å²) in [6.07, 6.45) is 1.55. The quantitative estimate of drug-likeness (QED) is 0.871. The van der Waals surface area contributed by atoms with Crippen molar-refractivity contribution < 1.29 is 9.18 Å². The third kappa shape index (κ3) is 2.63. The number of hydrogen-bond acceptors (Lipinski definition) is 1. The van der Waals surface area contributed by atoms with E-state index in [2.05, 4.69) is 11.9 Å². The van der Waals surface area contributed by atoms with E-state index in [-0.39, 0.29) is 11.6 Å². The fourth-order valence-electron chi connectivity index (χ4n) is 1.54. The topological polar surface area (TPSA) is 29.1 Å². The fraction of sp³-hybridized carbons (Fsp3) is 0. The lowest BCUT2D eigenvalue weighted by atomic mass is 10.1. The van der Waals surface area contributed by atoms with Crippen molar-refractivity contribution in [1.29, 1.82) is 0 Å². The lowest BCUT2D eigenvalue weighted by Gasteiger charge is -2.07. The molecule has 0 saturated heterocycles. The van der Waals surface area contributed by atoms with E-state index < -0.39 is 5.82 Å². The van der Waals surface area contributed by atoms with E-state index in [9.17, 15) is 9.18 Å². The van der Waals surface area contributed by atoms with Gasteiger partial charge < -0.3 is 5.32 Å². The minimum Gasteiger partial charge on any atom is -0.319 e. The molecular formula is C15H12FNO. The number of benzene rings is 2. The Labute approximate surface area is 105 Å². The predicted molar refractivity (Wildman–Crippen MR) is 70.9 cm³/mol. The van der Waals surface area contributed by atoms with Gasteiger partial charge in [0.25, 0.3) is 5.91 Å². The van der Waals surface area contributed by atoms with Crippen LogP contribution >= 0.6 is 0 Å². The summed E-state index contributed by atoms with van der Waals surface area (Å²) < 4.78 is 13.7. The summed E-state index contributed by atoms with van der Waals surface area (Å²) in [5.74, 6) is -0.808. The van der Waals surface area contributed by atoms with Gasteiger partial charge in [-0.1, -0.05) is 36.9 Å². The predicted octanol–water partition coefficient (Wildman–Crippen LogP) is 3.72. The van der Waals surface area contributed by atoms with Crippen molar-refractivity contribution >= 4 is 17.7 Å². The van der Waals surface area contributed by atoms with Gasteiger partial charge in [-0.25, -0.2) is 4.39 Å². The molecule has 0 saturated carbocycles. The van der Waals surface area contributed by atoms with Crippen molar-refractivity contribution in [3.63, 3.8) is 0 Å². The summed E-state index contributed by atoms with van der Waals surface area (Å²) in [4.78, 5) is 11.8. The number of anilines is 1. The molecule has 0 aliphatic heterocycles. The zero-order chi connectivity index (χ0) is 13.0. The molecule has 0 unspecified atom stereocenters. The van der Waals surface area contributed by atoms with Gasteiger partial charge in [-0.2, -0.15) is 0 Å². The summed E-state index contributed by atoms with van der Waals surface area (Å²) in [6.45, 7) is 3.56. The Balaban J connectivity index is 2.20. The molecule has 0 bridgehead atoms. The number of rotatable bonds is 3. The van der Waals surface area contributed by atoms with E-state index in [0.717, 1.165) is 0 Å². The molecule has 1 N–H and O–H groups in total. The summed E-state index contributed by atoms with van der Waals surface area (Å²) in [5.41, 5.74) is 1.32. The van der Waals surface area contributed by atoms with Crippen molar-refractivity contribution in [3.05, 3.63) is 72.1 Å². The second kappa shape index (κ2) is 5.27. The van der Waals surface area contributed by atoms with Crippen LogP contribution in [0.25, 0.3) is 6.08 Å². The normalized spacial score (nSPS) is 9.83. The van der Waals surface area contributed by atoms with Gasteiger partial charge in [0.05, 0.1) is 5.69 Å². The van der Waals surface area contributed by atoms with Crippen LogP contribution in [0.2, 0.25) is 0 Å². The standard InChI is InChI=1S/C15H12FNO/c1-2-11-8-9-14(13(16)10-11)17-15(18)12-6-4-3-5-7-12/h2-10H,1H2,(H,17,18). The van der Waals surface area contributed by atoms with E-state index in [1.165, 1.54) is 12.1 Å². The smallest absolute Gasteiger partial charge is 0.255 e. The lowest BCUT2D eigenvalue weighted by molar-refractivity contribution is 0.102. The number of halogens is 1. The van der Waals surface area contributed by atoms with Crippen LogP contribution in [0.3, 0.4) is 0 Å². The Kier molecular flexibility index (Phi) is 3.53. The Morgan fingerprint density at radius 2 is 1.89 bits per heavy atom. The maximum absolute atomic E-state index is 13.7. The van der Waals surface area contributed by atoms with Crippen LogP contribution < -0.4 is 5.32 Å². The summed E-state index contributed by atoms with van der Waals surface area (Å²) in [5, 5.41) is 2.53. The van der Waals surface area contributed by atoms with Crippen LogP contribution in [0.5, 0.6) is 0 Å². The molecular weight excluding hydrogens is 229 g/mol. The van der Waals surface area contributed by atoms with Crippen LogP contribution in [-0.2, 0) is 0 Å². The van der Waals surface area contributed by atoms with Crippen molar-refractivity contribution in [2.24, 2.45) is 0 Å². The van der Waals surface area contributed by atoms with E-state index in [1.54, 1.807) is 36.4 Å². The van der Waals surface area contributed by atoms with Gasteiger partial charge in [0.1, 0.15) is 5.82 Å². The minimum absolute atomic E-state index is 0.162. The maximum Gasteiger partial charge on any atom is 0.255 e. The molecule has 0 radical (unpaired) electrons. The number of nitrogens with one attached hydrogen (secondary N) is 1.